The summed E-state index contributed by atoms with van der Waals surface area (Å²) in [7, 11) is 0. The zero-order valence-corrected chi connectivity index (χ0v) is 13.0. The van der Waals surface area contributed by atoms with Crippen molar-refractivity contribution in [1.82, 2.24) is 10.3 Å². The van der Waals surface area contributed by atoms with E-state index in [2.05, 4.69) is 54.5 Å². The van der Waals surface area contributed by atoms with E-state index >= 15 is 0 Å². The maximum absolute atomic E-state index is 4.35. The van der Waals surface area contributed by atoms with Gasteiger partial charge in [-0.25, -0.2) is 0 Å². The van der Waals surface area contributed by atoms with Gasteiger partial charge in [0.05, 0.1) is 5.69 Å². The molecule has 0 saturated heterocycles. The molecule has 1 N–H and O–H groups in total. The molecule has 1 aromatic carbocycles. The van der Waals surface area contributed by atoms with Crippen LogP contribution in [0.1, 0.15) is 25.1 Å². The highest BCUT2D eigenvalue weighted by atomic mass is 32.2. The molecule has 0 bridgehead atoms. The van der Waals surface area contributed by atoms with Crippen LogP contribution in [0.4, 0.5) is 0 Å². The molecule has 0 unspecified atom stereocenters. The van der Waals surface area contributed by atoms with Crippen LogP contribution in [0.3, 0.4) is 0 Å². The molecule has 20 heavy (non-hydrogen) atoms. The SMILES string of the molecule is CC(C)CNCc1cccc(SCc2ccccn2)c1. The van der Waals surface area contributed by atoms with Gasteiger partial charge in [0, 0.05) is 23.4 Å². The van der Waals surface area contributed by atoms with Gasteiger partial charge in [0.15, 0.2) is 0 Å². The van der Waals surface area contributed by atoms with E-state index in [9.17, 15) is 0 Å². The van der Waals surface area contributed by atoms with Gasteiger partial charge in [-0.15, -0.1) is 11.8 Å². The van der Waals surface area contributed by atoms with Gasteiger partial charge in [0.25, 0.3) is 0 Å². The normalized spacial score (nSPS) is 10.9. The maximum Gasteiger partial charge on any atom is 0.0506 e. The summed E-state index contributed by atoms with van der Waals surface area (Å²) in [5, 5.41) is 3.48. The second-order valence-electron chi connectivity index (χ2n) is 5.28. The number of nitrogens with zero attached hydrogens (tertiary/aromatic N) is 1. The van der Waals surface area contributed by atoms with E-state index in [-0.39, 0.29) is 0 Å². The van der Waals surface area contributed by atoms with Gasteiger partial charge >= 0.3 is 0 Å². The number of thioether (sulfide) groups is 1. The Morgan fingerprint density at radius 3 is 2.80 bits per heavy atom. The predicted octanol–water partition coefficient (Wildman–Crippen LogP) is 4.12. The number of aromatic nitrogens is 1. The van der Waals surface area contributed by atoms with Gasteiger partial charge in [-0.3, -0.25) is 4.98 Å². The van der Waals surface area contributed by atoms with Crippen molar-refractivity contribution < 1.29 is 0 Å². The van der Waals surface area contributed by atoms with E-state index in [1.807, 2.05) is 30.1 Å². The topological polar surface area (TPSA) is 24.9 Å². The Kier molecular flexibility index (Phi) is 6.09. The minimum atomic E-state index is 0.691. The molecule has 2 rings (SSSR count). The second kappa shape index (κ2) is 8.08. The van der Waals surface area contributed by atoms with Crippen LogP contribution in [0, 0.1) is 5.92 Å². The fourth-order valence-corrected chi connectivity index (χ4v) is 2.79. The molecule has 3 heteroatoms. The van der Waals surface area contributed by atoms with Crippen molar-refractivity contribution in [2.75, 3.05) is 6.54 Å². The first-order valence-corrected chi connectivity index (χ1v) is 8.05. The van der Waals surface area contributed by atoms with Crippen LogP contribution >= 0.6 is 11.8 Å². The van der Waals surface area contributed by atoms with Gasteiger partial charge in [-0.05, 0) is 42.3 Å². The van der Waals surface area contributed by atoms with Crippen molar-refractivity contribution in [1.29, 1.82) is 0 Å². The first kappa shape index (κ1) is 15.1. The highest BCUT2D eigenvalue weighted by molar-refractivity contribution is 7.98. The third kappa shape index (κ3) is 5.35. The van der Waals surface area contributed by atoms with Crippen LogP contribution in [0.5, 0.6) is 0 Å². The molecule has 0 aliphatic heterocycles. The van der Waals surface area contributed by atoms with Gasteiger partial charge in [-0.2, -0.15) is 0 Å². The highest BCUT2D eigenvalue weighted by Crippen LogP contribution is 2.22. The molecule has 1 aromatic heterocycles. The molecule has 0 aliphatic rings. The summed E-state index contributed by atoms with van der Waals surface area (Å²) in [6, 6.07) is 14.8. The Morgan fingerprint density at radius 2 is 2.05 bits per heavy atom. The van der Waals surface area contributed by atoms with E-state index in [1.165, 1.54) is 10.5 Å². The van der Waals surface area contributed by atoms with Crippen LogP contribution in [0.15, 0.2) is 53.6 Å². The molecule has 0 spiro atoms. The smallest absolute Gasteiger partial charge is 0.0506 e. The van der Waals surface area contributed by atoms with Crippen LogP contribution in [0.25, 0.3) is 0 Å². The molecule has 0 radical (unpaired) electrons. The zero-order chi connectivity index (χ0) is 14.2. The van der Waals surface area contributed by atoms with Crippen LogP contribution in [-0.4, -0.2) is 11.5 Å². The number of nitrogens with one attached hydrogen (secondary N) is 1. The van der Waals surface area contributed by atoms with E-state index in [0.717, 1.165) is 24.5 Å². The zero-order valence-electron chi connectivity index (χ0n) is 12.2. The minimum absolute atomic E-state index is 0.691. The molecular formula is C17H22N2S. The molecule has 0 amide bonds. The molecule has 106 valence electrons. The summed E-state index contributed by atoms with van der Waals surface area (Å²) < 4.78 is 0. The van der Waals surface area contributed by atoms with Gasteiger partial charge in [0.1, 0.15) is 0 Å². The molecular weight excluding hydrogens is 264 g/mol. The Bertz CT molecular complexity index is 511. The number of rotatable bonds is 7. The average Bonchev–Trinajstić information content (AvgIpc) is 2.46. The number of hydrogen-bond acceptors (Lipinski definition) is 3. The summed E-state index contributed by atoms with van der Waals surface area (Å²) in [6.45, 7) is 6.46. The first-order valence-electron chi connectivity index (χ1n) is 7.06. The molecule has 0 atom stereocenters. The summed E-state index contributed by atoms with van der Waals surface area (Å²) >= 11 is 1.84. The molecule has 0 saturated carbocycles. The van der Waals surface area contributed by atoms with Crippen molar-refractivity contribution in [3.8, 4) is 0 Å². The monoisotopic (exact) mass is 286 g/mol. The maximum atomic E-state index is 4.35. The summed E-state index contributed by atoms with van der Waals surface area (Å²) in [6.07, 6.45) is 1.85. The fraction of sp³-hybridized carbons (Fsp3) is 0.353. The van der Waals surface area contributed by atoms with Crippen molar-refractivity contribution in [3.63, 3.8) is 0 Å². The Hall–Kier alpha value is -1.32. The van der Waals surface area contributed by atoms with E-state index in [1.54, 1.807) is 0 Å². The van der Waals surface area contributed by atoms with Gasteiger partial charge < -0.3 is 5.32 Å². The van der Waals surface area contributed by atoms with E-state index < -0.39 is 0 Å². The largest absolute Gasteiger partial charge is 0.312 e. The summed E-state index contributed by atoms with van der Waals surface area (Å²) in [5.74, 6) is 1.61. The molecule has 1 heterocycles. The lowest BCUT2D eigenvalue weighted by molar-refractivity contribution is 0.552. The molecule has 0 aliphatic carbocycles. The van der Waals surface area contributed by atoms with Crippen LogP contribution in [-0.2, 0) is 12.3 Å². The number of hydrogen-bond donors (Lipinski definition) is 1. The van der Waals surface area contributed by atoms with E-state index in [0.29, 0.717) is 5.92 Å². The third-order valence-corrected chi connectivity index (χ3v) is 3.92. The average molecular weight is 286 g/mol. The van der Waals surface area contributed by atoms with Crippen molar-refractivity contribution >= 4 is 11.8 Å². The first-order chi connectivity index (χ1) is 9.74. The molecule has 2 nitrogen and oxygen atoms in total. The molecule has 2 aromatic rings. The van der Waals surface area contributed by atoms with Gasteiger partial charge in [0.2, 0.25) is 0 Å². The van der Waals surface area contributed by atoms with Crippen molar-refractivity contribution in [2.24, 2.45) is 5.92 Å². The number of pyridine rings is 1. The lowest BCUT2D eigenvalue weighted by Gasteiger charge is -2.08. The Balaban J connectivity index is 1.86. The van der Waals surface area contributed by atoms with Gasteiger partial charge in [-0.1, -0.05) is 32.0 Å². The summed E-state index contributed by atoms with van der Waals surface area (Å²) in [4.78, 5) is 5.66. The Morgan fingerprint density at radius 1 is 1.15 bits per heavy atom. The van der Waals surface area contributed by atoms with E-state index in [4.69, 9.17) is 0 Å². The second-order valence-corrected chi connectivity index (χ2v) is 6.33. The standard InChI is InChI=1S/C17H22N2S/c1-14(2)11-18-12-15-6-5-8-17(10-15)20-13-16-7-3-4-9-19-16/h3-10,14,18H,11-13H2,1-2H3. The van der Waals surface area contributed by atoms with Crippen molar-refractivity contribution in [3.05, 3.63) is 59.9 Å². The third-order valence-electron chi connectivity index (χ3n) is 2.89. The Labute approximate surface area is 126 Å². The quantitative estimate of drug-likeness (QED) is 0.775. The number of benzene rings is 1. The molecule has 0 fully saturated rings. The predicted molar refractivity (Wildman–Crippen MR) is 86.8 cm³/mol. The minimum Gasteiger partial charge on any atom is -0.312 e. The fourth-order valence-electron chi connectivity index (χ4n) is 1.89. The van der Waals surface area contributed by atoms with Crippen LogP contribution in [0.2, 0.25) is 0 Å². The van der Waals surface area contributed by atoms with Crippen molar-refractivity contribution in [2.45, 2.75) is 31.0 Å². The lowest BCUT2D eigenvalue weighted by atomic mass is 10.2. The highest BCUT2D eigenvalue weighted by Gasteiger charge is 2.00. The lowest BCUT2D eigenvalue weighted by Crippen LogP contribution is -2.18. The summed E-state index contributed by atoms with van der Waals surface area (Å²) in [5.41, 5.74) is 2.47. The van der Waals surface area contributed by atoms with Crippen LogP contribution < -0.4 is 5.32 Å².